The number of carbonyl (C=O) groups excluding carboxylic acids is 1. The first-order chi connectivity index (χ1) is 14.4. The van der Waals surface area contributed by atoms with Crippen LogP contribution in [0, 0.1) is 0 Å². The molecule has 0 radical (unpaired) electrons. The van der Waals surface area contributed by atoms with Crippen LogP contribution in [-0.2, 0) is 6.54 Å². The zero-order valence-electron chi connectivity index (χ0n) is 15.4. The maximum Gasteiger partial charge on any atom is 0.296 e. The van der Waals surface area contributed by atoms with Gasteiger partial charge >= 0.3 is 0 Å². The van der Waals surface area contributed by atoms with Gasteiger partial charge in [-0.25, -0.2) is 0 Å². The number of hydrogen-bond donors (Lipinski definition) is 1. The second-order valence-corrected chi connectivity index (χ2v) is 8.29. The molecule has 0 aliphatic heterocycles. The van der Waals surface area contributed by atoms with Crippen LogP contribution in [0.15, 0.2) is 81.4 Å². The lowest BCUT2D eigenvalue weighted by Crippen LogP contribution is -1.98. The van der Waals surface area contributed by atoms with Crippen molar-refractivity contribution in [2.45, 2.75) is 6.54 Å². The van der Waals surface area contributed by atoms with Crippen LogP contribution in [0.4, 0.5) is 5.69 Å². The van der Waals surface area contributed by atoms with E-state index in [0.29, 0.717) is 22.0 Å². The molecule has 0 saturated heterocycles. The van der Waals surface area contributed by atoms with Crippen molar-refractivity contribution in [3.05, 3.63) is 92.4 Å². The molecule has 0 bridgehead atoms. The Kier molecular flexibility index (Phi) is 5.90. The highest BCUT2D eigenvalue weighted by Gasteiger charge is 2.18. The van der Waals surface area contributed by atoms with Crippen molar-refractivity contribution < 1.29 is 9.90 Å². The summed E-state index contributed by atoms with van der Waals surface area (Å²) in [5, 5.41) is 20.3. The van der Waals surface area contributed by atoms with Gasteiger partial charge < -0.3 is 9.67 Å². The lowest BCUT2D eigenvalue weighted by molar-refractivity contribution is 0.0995. The van der Waals surface area contributed by atoms with E-state index < -0.39 is 5.91 Å². The predicted octanol–water partition coefficient (Wildman–Crippen LogP) is 7.39. The average molecular weight is 503 g/mol. The topological polar surface area (TPSA) is 66.9 Å². The Labute approximate surface area is 190 Å². The molecule has 1 aromatic heterocycles. The first kappa shape index (κ1) is 20.6. The number of rotatable bonds is 4. The number of hydrogen-bond acceptors (Lipinski definition) is 3. The van der Waals surface area contributed by atoms with Crippen molar-refractivity contribution in [3.63, 3.8) is 0 Å². The molecular formula is C22H14BrCl2N3O2. The zero-order valence-corrected chi connectivity index (χ0v) is 18.5. The first-order valence-electron chi connectivity index (χ1n) is 8.90. The van der Waals surface area contributed by atoms with Gasteiger partial charge in [0.05, 0.1) is 22.6 Å². The summed E-state index contributed by atoms with van der Waals surface area (Å²) in [6, 6.07) is 19.5. The molecule has 0 spiro atoms. The number of nitrogens with zero attached hydrogens (tertiary/aromatic N) is 3. The monoisotopic (exact) mass is 501 g/mol. The second-order valence-electron chi connectivity index (χ2n) is 6.53. The van der Waals surface area contributed by atoms with Gasteiger partial charge in [0.25, 0.3) is 5.91 Å². The van der Waals surface area contributed by atoms with E-state index in [1.807, 2.05) is 30.3 Å². The Morgan fingerprint density at radius 2 is 1.77 bits per heavy atom. The lowest BCUT2D eigenvalue weighted by Gasteiger charge is -2.07. The van der Waals surface area contributed by atoms with Crippen molar-refractivity contribution in [2.24, 2.45) is 10.2 Å². The van der Waals surface area contributed by atoms with Crippen LogP contribution in [0.3, 0.4) is 0 Å². The van der Waals surface area contributed by atoms with Gasteiger partial charge in [-0.1, -0.05) is 63.4 Å². The van der Waals surface area contributed by atoms with E-state index in [0.717, 1.165) is 15.6 Å². The molecule has 0 unspecified atom stereocenters. The van der Waals surface area contributed by atoms with Gasteiger partial charge in [-0.2, -0.15) is 0 Å². The summed E-state index contributed by atoms with van der Waals surface area (Å²) < 4.78 is 2.52. The Morgan fingerprint density at radius 1 is 1.03 bits per heavy atom. The number of carbonyl (C=O) groups is 1. The number of benzene rings is 3. The molecule has 0 fully saturated rings. The van der Waals surface area contributed by atoms with Crippen LogP contribution in [-0.4, -0.2) is 15.6 Å². The SMILES string of the molecule is O=C(N=Nc1c(O)n(Cc2ccc(Cl)cc2)c2ccc(Br)cc12)c1ccccc1Cl. The largest absolute Gasteiger partial charge is 0.493 e. The van der Waals surface area contributed by atoms with Gasteiger partial charge in [0.2, 0.25) is 5.88 Å². The van der Waals surface area contributed by atoms with Crippen molar-refractivity contribution in [1.29, 1.82) is 0 Å². The van der Waals surface area contributed by atoms with Crippen LogP contribution < -0.4 is 0 Å². The van der Waals surface area contributed by atoms with Crippen LogP contribution in [0.5, 0.6) is 5.88 Å². The molecule has 4 rings (SSSR count). The van der Waals surface area contributed by atoms with Gasteiger partial charge in [-0.15, -0.1) is 10.2 Å². The van der Waals surface area contributed by atoms with Gasteiger partial charge in [-0.05, 0) is 48.0 Å². The normalized spacial score (nSPS) is 11.4. The van der Waals surface area contributed by atoms with Gasteiger partial charge in [-0.3, -0.25) is 4.79 Å². The smallest absolute Gasteiger partial charge is 0.296 e. The van der Waals surface area contributed by atoms with Crippen LogP contribution in [0.25, 0.3) is 10.9 Å². The fourth-order valence-electron chi connectivity index (χ4n) is 3.11. The zero-order chi connectivity index (χ0) is 21.3. The molecule has 0 aliphatic rings. The molecule has 0 atom stereocenters. The maximum atomic E-state index is 12.4. The van der Waals surface area contributed by atoms with Gasteiger partial charge in [0.15, 0.2) is 5.69 Å². The quantitative estimate of drug-likeness (QED) is 0.295. The molecule has 5 nitrogen and oxygen atoms in total. The number of azo groups is 1. The minimum atomic E-state index is -0.589. The van der Waals surface area contributed by atoms with Crippen LogP contribution in [0.2, 0.25) is 10.0 Å². The van der Waals surface area contributed by atoms with E-state index in [4.69, 9.17) is 23.2 Å². The summed E-state index contributed by atoms with van der Waals surface area (Å²) in [5.41, 5.74) is 2.16. The summed E-state index contributed by atoms with van der Waals surface area (Å²) in [6.07, 6.45) is 0. The Morgan fingerprint density at radius 3 is 2.50 bits per heavy atom. The predicted molar refractivity (Wildman–Crippen MR) is 122 cm³/mol. The number of aromatic hydroxyl groups is 1. The summed E-state index contributed by atoms with van der Waals surface area (Å²) >= 11 is 15.5. The molecule has 1 amide bonds. The second kappa shape index (κ2) is 8.60. The third kappa shape index (κ3) is 4.12. The lowest BCUT2D eigenvalue weighted by atomic mass is 10.2. The fourth-order valence-corrected chi connectivity index (χ4v) is 3.81. The molecule has 0 saturated carbocycles. The molecule has 4 aromatic rings. The molecule has 3 aromatic carbocycles. The van der Waals surface area contributed by atoms with E-state index in [1.165, 1.54) is 0 Å². The third-order valence-corrected chi connectivity index (χ3v) is 5.65. The van der Waals surface area contributed by atoms with Crippen molar-refractivity contribution in [1.82, 2.24) is 4.57 Å². The summed E-state index contributed by atoms with van der Waals surface area (Å²) in [5.74, 6) is -0.678. The summed E-state index contributed by atoms with van der Waals surface area (Å²) in [4.78, 5) is 12.4. The highest BCUT2D eigenvalue weighted by atomic mass is 79.9. The minimum absolute atomic E-state index is 0.0891. The standard InChI is InChI=1S/C22H14BrCl2N3O2/c23-14-7-10-19-17(11-14)20(26-27-21(29)16-3-1-2-4-18(16)25)22(30)28(19)12-13-5-8-15(24)9-6-13/h1-11,30H,12H2. The molecule has 8 heteroatoms. The summed E-state index contributed by atoms with van der Waals surface area (Å²) in [7, 11) is 0. The number of fused-ring (bicyclic) bond motifs is 1. The van der Waals surface area contributed by atoms with Crippen molar-refractivity contribution in [3.8, 4) is 5.88 Å². The Hall–Kier alpha value is -2.67. The van der Waals surface area contributed by atoms with Gasteiger partial charge in [0.1, 0.15) is 0 Å². The third-order valence-electron chi connectivity index (χ3n) is 4.57. The van der Waals surface area contributed by atoms with E-state index in [9.17, 15) is 9.90 Å². The highest BCUT2D eigenvalue weighted by Crippen LogP contribution is 2.40. The highest BCUT2D eigenvalue weighted by molar-refractivity contribution is 9.10. The number of halogens is 3. The minimum Gasteiger partial charge on any atom is -0.493 e. The molecule has 1 N–H and O–H groups in total. The van der Waals surface area contributed by atoms with E-state index in [2.05, 4.69) is 26.2 Å². The summed E-state index contributed by atoms with van der Waals surface area (Å²) in [6.45, 7) is 0.398. The van der Waals surface area contributed by atoms with E-state index in [1.54, 1.807) is 41.0 Å². The molecular weight excluding hydrogens is 489 g/mol. The van der Waals surface area contributed by atoms with E-state index >= 15 is 0 Å². The van der Waals surface area contributed by atoms with E-state index in [-0.39, 0.29) is 17.1 Å². The molecule has 150 valence electrons. The first-order valence-corrected chi connectivity index (χ1v) is 10.4. The molecule has 0 aliphatic carbocycles. The maximum absolute atomic E-state index is 12.4. The Balaban J connectivity index is 1.77. The average Bonchev–Trinajstić information content (AvgIpc) is 2.98. The van der Waals surface area contributed by atoms with Crippen LogP contribution in [0.1, 0.15) is 15.9 Å². The van der Waals surface area contributed by atoms with Crippen molar-refractivity contribution >= 4 is 61.6 Å². The molecule has 1 heterocycles. The van der Waals surface area contributed by atoms with Crippen molar-refractivity contribution in [2.75, 3.05) is 0 Å². The number of amides is 1. The Bertz CT molecular complexity index is 1280. The fraction of sp³-hybridized carbons (Fsp3) is 0.0455. The number of aromatic nitrogens is 1. The molecule has 30 heavy (non-hydrogen) atoms. The van der Waals surface area contributed by atoms with Gasteiger partial charge in [0, 0.05) is 14.9 Å². The van der Waals surface area contributed by atoms with Crippen LogP contribution >= 0.6 is 39.1 Å².